The number of nitrogens with one attached hydrogen (secondary N) is 2. The molecule has 1 aromatic carbocycles. The number of hydrogen-bond donors (Lipinski definition) is 2. The fraction of sp³-hybridized carbons (Fsp3) is 0.562. The van der Waals surface area contributed by atoms with Crippen molar-refractivity contribution in [1.29, 1.82) is 0 Å². The second-order valence-electron chi connectivity index (χ2n) is 5.96. The van der Waals surface area contributed by atoms with Gasteiger partial charge in [0.2, 0.25) is 5.91 Å². The second-order valence-corrected chi connectivity index (χ2v) is 5.96. The maximum absolute atomic E-state index is 10.7. The summed E-state index contributed by atoms with van der Waals surface area (Å²) in [5, 5.41) is 6.17. The molecule has 1 amide bonds. The second kappa shape index (κ2) is 7.29. The molecule has 0 saturated carbocycles. The van der Waals surface area contributed by atoms with E-state index in [0.29, 0.717) is 0 Å². The van der Waals surface area contributed by atoms with Crippen molar-refractivity contribution >= 4 is 5.91 Å². The largest absolute Gasteiger partial charge is 0.356 e. The summed E-state index contributed by atoms with van der Waals surface area (Å²) in [4.78, 5) is 10.7. The molecule has 19 heavy (non-hydrogen) atoms. The van der Waals surface area contributed by atoms with Crippen molar-refractivity contribution in [2.45, 2.75) is 46.1 Å². The Labute approximate surface area is 116 Å². The van der Waals surface area contributed by atoms with Crippen molar-refractivity contribution in [1.82, 2.24) is 10.6 Å². The molecule has 0 spiro atoms. The smallest absolute Gasteiger partial charge is 0.216 e. The highest BCUT2D eigenvalue weighted by atomic mass is 16.1. The first-order valence-corrected chi connectivity index (χ1v) is 6.94. The third kappa shape index (κ3) is 6.39. The van der Waals surface area contributed by atoms with Gasteiger partial charge in [0.05, 0.1) is 0 Å². The molecule has 1 aromatic rings. The molecule has 0 bridgehead atoms. The van der Waals surface area contributed by atoms with Crippen LogP contribution in [0.5, 0.6) is 0 Å². The molecule has 0 fully saturated rings. The van der Waals surface area contributed by atoms with Gasteiger partial charge in [-0.2, -0.15) is 0 Å². The molecule has 0 unspecified atom stereocenters. The fourth-order valence-electron chi connectivity index (χ4n) is 1.83. The van der Waals surface area contributed by atoms with Gasteiger partial charge in [-0.25, -0.2) is 0 Å². The maximum Gasteiger partial charge on any atom is 0.216 e. The van der Waals surface area contributed by atoms with Gasteiger partial charge in [0.25, 0.3) is 0 Å². The average Bonchev–Trinajstić information content (AvgIpc) is 2.32. The van der Waals surface area contributed by atoms with E-state index in [2.05, 4.69) is 55.7 Å². The van der Waals surface area contributed by atoms with E-state index in [1.54, 1.807) is 6.92 Å². The molecule has 0 aliphatic rings. The van der Waals surface area contributed by atoms with Gasteiger partial charge in [-0.15, -0.1) is 0 Å². The molecule has 2 N–H and O–H groups in total. The van der Waals surface area contributed by atoms with Crippen LogP contribution in [0.1, 0.15) is 45.2 Å². The van der Waals surface area contributed by atoms with Crippen molar-refractivity contribution in [2.24, 2.45) is 0 Å². The Balaban J connectivity index is 2.25. The van der Waals surface area contributed by atoms with Gasteiger partial charge in [-0.1, -0.05) is 45.0 Å². The minimum atomic E-state index is 0.0396. The van der Waals surface area contributed by atoms with E-state index in [9.17, 15) is 4.79 Å². The van der Waals surface area contributed by atoms with E-state index >= 15 is 0 Å². The van der Waals surface area contributed by atoms with Crippen LogP contribution in [-0.4, -0.2) is 19.0 Å². The topological polar surface area (TPSA) is 41.1 Å². The molecule has 0 radical (unpaired) electrons. The standard InChI is InChI=1S/C16H26N2O/c1-13(19)18-11-5-10-17-12-14-6-8-15(9-7-14)16(2,3)4/h6-9,17H,5,10-12H2,1-4H3,(H,18,19). The van der Waals surface area contributed by atoms with Crippen molar-refractivity contribution in [3.63, 3.8) is 0 Å². The number of amides is 1. The van der Waals surface area contributed by atoms with Crippen LogP contribution >= 0.6 is 0 Å². The van der Waals surface area contributed by atoms with Crippen molar-refractivity contribution in [2.75, 3.05) is 13.1 Å². The number of benzene rings is 1. The molecule has 0 saturated heterocycles. The molecule has 0 heterocycles. The Morgan fingerprint density at radius 2 is 1.74 bits per heavy atom. The zero-order valence-electron chi connectivity index (χ0n) is 12.5. The lowest BCUT2D eigenvalue weighted by molar-refractivity contribution is -0.118. The first-order chi connectivity index (χ1) is 8.89. The average molecular weight is 262 g/mol. The minimum Gasteiger partial charge on any atom is -0.356 e. The van der Waals surface area contributed by atoms with E-state index in [1.165, 1.54) is 11.1 Å². The molecule has 0 aliphatic carbocycles. The summed E-state index contributed by atoms with van der Waals surface area (Å²) in [5.41, 5.74) is 2.87. The number of carbonyl (C=O) groups excluding carboxylic acids is 1. The first-order valence-electron chi connectivity index (χ1n) is 6.94. The van der Waals surface area contributed by atoms with Crippen LogP contribution in [0.3, 0.4) is 0 Å². The normalized spacial score (nSPS) is 11.4. The third-order valence-electron chi connectivity index (χ3n) is 3.05. The van der Waals surface area contributed by atoms with Crippen molar-refractivity contribution in [3.05, 3.63) is 35.4 Å². The molecular weight excluding hydrogens is 236 g/mol. The summed E-state index contributed by atoms with van der Waals surface area (Å²) in [6.45, 7) is 10.8. The molecule has 3 nitrogen and oxygen atoms in total. The lowest BCUT2D eigenvalue weighted by Crippen LogP contribution is -2.25. The lowest BCUT2D eigenvalue weighted by atomic mass is 9.87. The van der Waals surface area contributed by atoms with Crippen LogP contribution in [0.2, 0.25) is 0 Å². The Morgan fingerprint density at radius 1 is 1.11 bits per heavy atom. The summed E-state index contributed by atoms with van der Waals surface area (Å²) >= 11 is 0. The third-order valence-corrected chi connectivity index (χ3v) is 3.05. The Bertz CT molecular complexity index is 390. The first kappa shape index (κ1) is 15.7. The van der Waals surface area contributed by atoms with Gasteiger partial charge in [0, 0.05) is 20.0 Å². The van der Waals surface area contributed by atoms with Crippen molar-refractivity contribution < 1.29 is 4.79 Å². The molecular formula is C16H26N2O. The van der Waals surface area contributed by atoms with Crippen LogP contribution in [-0.2, 0) is 16.8 Å². The van der Waals surface area contributed by atoms with E-state index in [-0.39, 0.29) is 11.3 Å². The van der Waals surface area contributed by atoms with Crippen LogP contribution < -0.4 is 10.6 Å². The Kier molecular flexibility index (Phi) is 6.03. The number of rotatable bonds is 6. The zero-order chi connectivity index (χ0) is 14.3. The monoisotopic (exact) mass is 262 g/mol. The molecule has 3 heteroatoms. The van der Waals surface area contributed by atoms with E-state index < -0.39 is 0 Å². The van der Waals surface area contributed by atoms with Crippen LogP contribution in [0, 0.1) is 0 Å². The molecule has 0 aromatic heterocycles. The van der Waals surface area contributed by atoms with E-state index in [0.717, 1.165) is 26.1 Å². The highest BCUT2D eigenvalue weighted by molar-refractivity contribution is 5.72. The molecule has 0 atom stereocenters. The van der Waals surface area contributed by atoms with Gasteiger partial charge < -0.3 is 10.6 Å². The SMILES string of the molecule is CC(=O)NCCCNCc1ccc(C(C)(C)C)cc1. The fourth-order valence-corrected chi connectivity index (χ4v) is 1.83. The molecule has 1 rings (SSSR count). The summed E-state index contributed by atoms with van der Waals surface area (Å²) < 4.78 is 0. The van der Waals surface area contributed by atoms with E-state index in [4.69, 9.17) is 0 Å². The summed E-state index contributed by atoms with van der Waals surface area (Å²) in [6, 6.07) is 8.77. The van der Waals surface area contributed by atoms with E-state index in [1.807, 2.05) is 0 Å². The van der Waals surface area contributed by atoms with Gasteiger partial charge in [-0.3, -0.25) is 4.79 Å². The summed E-state index contributed by atoms with van der Waals surface area (Å²) in [6.07, 6.45) is 0.958. The molecule has 0 aliphatic heterocycles. The Morgan fingerprint density at radius 3 is 2.26 bits per heavy atom. The number of carbonyl (C=O) groups is 1. The van der Waals surface area contributed by atoms with Crippen LogP contribution in [0.15, 0.2) is 24.3 Å². The predicted octanol–water partition coefficient (Wildman–Crippen LogP) is 2.60. The van der Waals surface area contributed by atoms with Crippen LogP contribution in [0.25, 0.3) is 0 Å². The predicted molar refractivity (Wildman–Crippen MR) is 80.1 cm³/mol. The highest BCUT2D eigenvalue weighted by Gasteiger charge is 2.12. The zero-order valence-corrected chi connectivity index (χ0v) is 12.5. The number of hydrogen-bond acceptors (Lipinski definition) is 2. The van der Waals surface area contributed by atoms with Gasteiger partial charge in [0.1, 0.15) is 0 Å². The van der Waals surface area contributed by atoms with Gasteiger partial charge in [-0.05, 0) is 29.5 Å². The van der Waals surface area contributed by atoms with Crippen LogP contribution in [0.4, 0.5) is 0 Å². The lowest BCUT2D eigenvalue weighted by Gasteiger charge is -2.19. The summed E-state index contributed by atoms with van der Waals surface area (Å²) in [7, 11) is 0. The highest BCUT2D eigenvalue weighted by Crippen LogP contribution is 2.21. The molecule has 106 valence electrons. The summed E-state index contributed by atoms with van der Waals surface area (Å²) in [5.74, 6) is 0.0396. The van der Waals surface area contributed by atoms with Gasteiger partial charge in [0.15, 0.2) is 0 Å². The minimum absolute atomic E-state index is 0.0396. The van der Waals surface area contributed by atoms with Crippen molar-refractivity contribution in [3.8, 4) is 0 Å². The maximum atomic E-state index is 10.7. The van der Waals surface area contributed by atoms with Gasteiger partial charge >= 0.3 is 0 Å². The Hall–Kier alpha value is -1.35. The quantitative estimate of drug-likeness (QED) is 0.774.